The number of benzene rings is 3. The van der Waals surface area contributed by atoms with E-state index in [1.165, 1.54) is 13.2 Å². The number of carbonyl (C=O) groups excluding carboxylic acids is 4. The molecular weight excluding hydrogens is 524 g/mol. The molecule has 0 heterocycles. The van der Waals surface area contributed by atoms with Crippen LogP contribution in [0.3, 0.4) is 0 Å². The Morgan fingerprint density at radius 2 is 1.46 bits per heavy atom. The zero-order chi connectivity index (χ0) is 28.4. The Morgan fingerprint density at radius 3 is 2.10 bits per heavy atom. The summed E-state index contributed by atoms with van der Waals surface area (Å²) in [7, 11) is 1.53. The highest BCUT2D eigenvalue weighted by atomic mass is 35.5. The van der Waals surface area contributed by atoms with Crippen molar-refractivity contribution in [2.24, 2.45) is 5.92 Å². The number of hydrogen-bond donors (Lipinski definition) is 4. The third-order valence-electron chi connectivity index (χ3n) is 5.52. The average molecular weight is 553 g/mol. The lowest BCUT2D eigenvalue weighted by atomic mass is 10.0. The van der Waals surface area contributed by atoms with Crippen molar-refractivity contribution in [1.82, 2.24) is 16.2 Å². The molecule has 0 saturated heterocycles. The molecular formula is C28H29ClN4O6. The van der Waals surface area contributed by atoms with Gasteiger partial charge in [-0.15, -0.1) is 0 Å². The van der Waals surface area contributed by atoms with Gasteiger partial charge in [-0.25, -0.2) is 0 Å². The summed E-state index contributed by atoms with van der Waals surface area (Å²) in [5.74, 6) is -1.50. The van der Waals surface area contributed by atoms with Crippen LogP contribution in [0, 0.1) is 5.92 Å². The molecule has 39 heavy (non-hydrogen) atoms. The molecule has 0 unspecified atom stereocenters. The van der Waals surface area contributed by atoms with Gasteiger partial charge in [-0.2, -0.15) is 0 Å². The normalized spacial score (nSPS) is 11.2. The first-order valence-corrected chi connectivity index (χ1v) is 12.4. The molecule has 11 heteroatoms. The maximum atomic E-state index is 13.1. The number of ether oxygens (including phenoxy) is 2. The van der Waals surface area contributed by atoms with Gasteiger partial charge < -0.3 is 20.1 Å². The monoisotopic (exact) mass is 552 g/mol. The van der Waals surface area contributed by atoms with Gasteiger partial charge in [0.25, 0.3) is 23.6 Å². The van der Waals surface area contributed by atoms with E-state index >= 15 is 0 Å². The second kappa shape index (κ2) is 13.8. The second-order valence-corrected chi connectivity index (χ2v) is 9.14. The molecule has 0 saturated carbocycles. The molecule has 10 nitrogen and oxygen atoms in total. The lowest BCUT2D eigenvalue weighted by Crippen LogP contribution is -2.55. The minimum absolute atomic E-state index is 0.165. The highest BCUT2D eigenvalue weighted by molar-refractivity contribution is 6.30. The van der Waals surface area contributed by atoms with E-state index in [0.717, 1.165) is 0 Å². The fourth-order valence-corrected chi connectivity index (χ4v) is 3.53. The number of amides is 4. The van der Waals surface area contributed by atoms with Gasteiger partial charge in [0.05, 0.1) is 18.4 Å². The van der Waals surface area contributed by atoms with E-state index < -0.39 is 29.7 Å². The Kier molecular flexibility index (Phi) is 10.3. The molecule has 0 bridgehead atoms. The summed E-state index contributed by atoms with van der Waals surface area (Å²) in [5.41, 5.74) is 5.39. The SMILES string of the molecule is COc1ccc(C(=O)Nc2ccccc2C(=O)N[C@@H](C(=O)NNC(=O)COc2ccc(Cl)cc2)C(C)C)cc1. The van der Waals surface area contributed by atoms with Gasteiger partial charge in [0.15, 0.2) is 6.61 Å². The van der Waals surface area contributed by atoms with Crippen LogP contribution in [0.25, 0.3) is 0 Å². The summed E-state index contributed by atoms with van der Waals surface area (Å²) in [6, 6.07) is 18.4. The first-order chi connectivity index (χ1) is 18.7. The maximum absolute atomic E-state index is 13.1. The minimum atomic E-state index is -0.986. The van der Waals surface area contributed by atoms with Crippen LogP contribution in [0.1, 0.15) is 34.6 Å². The summed E-state index contributed by atoms with van der Waals surface area (Å²) in [6.07, 6.45) is 0. The van der Waals surface area contributed by atoms with Crippen LogP contribution in [-0.2, 0) is 9.59 Å². The Balaban J connectivity index is 1.59. The largest absolute Gasteiger partial charge is 0.497 e. The molecule has 0 aromatic heterocycles. The average Bonchev–Trinajstić information content (AvgIpc) is 2.94. The van der Waals surface area contributed by atoms with Gasteiger partial charge in [0.2, 0.25) is 0 Å². The number of hydrazine groups is 1. The molecule has 0 aliphatic rings. The van der Waals surface area contributed by atoms with E-state index in [4.69, 9.17) is 21.1 Å². The van der Waals surface area contributed by atoms with Crippen LogP contribution in [0.15, 0.2) is 72.8 Å². The molecule has 3 aromatic carbocycles. The number of methoxy groups -OCH3 is 1. The predicted octanol–water partition coefficient (Wildman–Crippen LogP) is 3.58. The minimum Gasteiger partial charge on any atom is -0.497 e. The standard InChI is InChI=1S/C28H29ClN4O6/c1-17(2)25(28(37)33-32-24(34)16-39-21-14-10-19(29)11-15-21)31-27(36)22-6-4-5-7-23(22)30-26(35)18-8-12-20(38-3)13-9-18/h4-15,17,25H,16H2,1-3H3,(H,30,35)(H,31,36)(H,32,34)(H,33,37)/t25-/m1/s1. The molecule has 1 atom stereocenters. The van der Waals surface area contributed by atoms with E-state index in [9.17, 15) is 19.2 Å². The first-order valence-electron chi connectivity index (χ1n) is 12.0. The van der Waals surface area contributed by atoms with E-state index in [2.05, 4.69) is 21.5 Å². The maximum Gasteiger partial charge on any atom is 0.276 e. The molecule has 4 amide bonds. The number of rotatable bonds is 10. The third kappa shape index (κ3) is 8.47. The van der Waals surface area contributed by atoms with Crippen molar-refractivity contribution in [1.29, 1.82) is 0 Å². The molecule has 4 N–H and O–H groups in total. The molecule has 0 fully saturated rings. The lowest BCUT2D eigenvalue weighted by Gasteiger charge is -2.22. The van der Waals surface area contributed by atoms with Crippen molar-refractivity contribution < 1.29 is 28.7 Å². The van der Waals surface area contributed by atoms with Crippen LogP contribution in [0.4, 0.5) is 5.69 Å². The van der Waals surface area contributed by atoms with Crippen molar-refractivity contribution in [3.05, 3.63) is 88.9 Å². The predicted molar refractivity (Wildman–Crippen MR) is 147 cm³/mol. The van der Waals surface area contributed by atoms with Crippen LogP contribution in [0.2, 0.25) is 5.02 Å². The summed E-state index contributed by atoms with van der Waals surface area (Å²) in [4.78, 5) is 50.8. The van der Waals surface area contributed by atoms with Gasteiger partial charge in [-0.3, -0.25) is 30.0 Å². The van der Waals surface area contributed by atoms with Gasteiger partial charge in [-0.05, 0) is 66.6 Å². The Labute approximate surface area is 231 Å². The molecule has 0 spiro atoms. The van der Waals surface area contributed by atoms with Gasteiger partial charge in [0.1, 0.15) is 17.5 Å². The third-order valence-corrected chi connectivity index (χ3v) is 5.77. The number of nitrogens with one attached hydrogen (secondary N) is 4. The van der Waals surface area contributed by atoms with Gasteiger partial charge in [-0.1, -0.05) is 37.6 Å². The zero-order valence-electron chi connectivity index (χ0n) is 21.6. The van der Waals surface area contributed by atoms with E-state index in [1.807, 2.05) is 0 Å². The highest BCUT2D eigenvalue weighted by Gasteiger charge is 2.26. The highest BCUT2D eigenvalue weighted by Crippen LogP contribution is 2.19. The Morgan fingerprint density at radius 1 is 0.821 bits per heavy atom. The van der Waals surface area contributed by atoms with Crippen molar-refractivity contribution in [2.75, 3.05) is 19.0 Å². The molecule has 0 aliphatic heterocycles. The first kappa shape index (κ1) is 29.0. The number of anilines is 1. The van der Waals surface area contributed by atoms with Crippen LogP contribution >= 0.6 is 11.6 Å². The fraction of sp³-hybridized carbons (Fsp3) is 0.214. The number of carbonyl (C=O) groups is 4. The van der Waals surface area contributed by atoms with E-state index in [0.29, 0.717) is 22.1 Å². The zero-order valence-corrected chi connectivity index (χ0v) is 22.4. The fourth-order valence-electron chi connectivity index (χ4n) is 3.41. The topological polar surface area (TPSA) is 135 Å². The van der Waals surface area contributed by atoms with Crippen LogP contribution in [0.5, 0.6) is 11.5 Å². The molecule has 204 valence electrons. The van der Waals surface area contributed by atoms with Crippen molar-refractivity contribution in [3.8, 4) is 11.5 Å². The lowest BCUT2D eigenvalue weighted by molar-refractivity contribution is -0.131. The summed E-state index contributed by atoms with van der Waals surface area (Å²) in [5, 5.41) is 5.93. The Bertz CT molecular complexity index is 1310. The van der Waals surface area contributed by atoms with E-state index in [-0.39, 0.29) is 23.8 Å². The van der Waals surface area contributed by atoms with Crippen molar-refractivity contribution >= 4 is 40.9 Å². The molecule has 0 radical (unpaired) electrons. The van der Waals surface area contributed by atoms with Crippen LogP contribution < -0.4 is 31.0 Å². The molecule has 3 aromatic rings. The van der Waals surface area contributed by atoms with Gasteiger partial charge >= 0.3 is 0 Å². The summed E-state index contributed by atoms with van der Waals surface area (Å²) in [6.45, 7) is 3.14. The second-order valence-electron chi connectivity index (χ2n) is 8.70. The summed E-state index contributed by atoms with van der Waals surface area (Å²) >= 11 is 5.82. The number of para-hydroxylation sites is 1. The number of halogens is 1. The molecule has 3 rings (SSSR count). The van der Waals surface area contributed by atoms with Crippen molar-refractivity contribution in [3.63, 3.8) is 0 Å². The molecule has 0 aliphatic carbocycles. The quantitative estimate of drug-likeness (QED) is 0.284. The van der Waals surface area contributed by atoms with Crippen molar-refractivity contribution in [2.45, 2.75) is 19.9 Å². The van der Waals surface area contributed by atoms with E-state index in [1.54, 1.807) is 80.6 Å². The summed E-state index contributed by atoms with van der Waals surface area (Å²) < 4.78 is 10.4. The smallest absolute Gasteiger partial charge is 0.276 e. The van der Waals surface area contributed by atoms with Gasteiger partial charge in [0, 0.05) is 10.6 Å². The Hall–Kier alpha value is -4.57. The number of hydrogen-bond acceptors (Lipinski definition) is 6. The van der Waals surface area contributed by atoms with Crippen LogP contribution in [-0.4, -0.2) is 43.4 Å².